The highest BCUT2D eigenvalue weighted by atomic mass is 32.2. The average Bonchev–Trinajstić information content (AvgIpc) is 2.95. The van der Waals surface area contributed by atoms with E-state index in [0.717, 1.165) is 17.8 Å². The Kier molecular flexibility index (Phi) is 3.30. The second-order valence-electron chi connectivity index (χ2n) is 3.66. The van der Waals surface area contributed by atoms with Gasteiger partial charge in [0.05, 0.1) is 0 Å². The van der Waals surface area contributed by atoms with Crippen molar-refractivity contribution in [2.24, 2.45) is 0 Å². The van der Waals surface area contributed by atoms with Crippen LogP contribution in [0.25, 0.3) is 0 Å². The predicted octanol–water partition coefficient (Wildman–Crippen LogP) is 1.06. The van der Waals surface area contributed by atoms with Crippen LogP contribution in [0.3, 0.4) is 0 Å². The number of hydrogen-bond donors (Lipinski definition) is 3. The molecular weight excluding hydrogens is 274 g/mol. The van der Waals surface area contributed by atoms with E-state index in [1.165, 1.54) is 0 Å². The van der Waals surface area contributed by atoms with Crippen molar-refractivity contribution in [2.75, 3.05) is 4.72 Å². The highest BCUT2D eigenvalue weighted by Crippen LogP contribution is 2.17. The van der Waals surface area contributed by atoms with Crippen LogP contribution in [-0.2, 0) is 16.4 Å². The number of aromatic amines is 1. The maximum absolute atomic E-state index is 11.9. The van der Waals surface area contributed by atoms with E-state index in [2.05, 4.69) is 14.9 Å². The van der Waals surface area contributed by atoms with E-state index in [1.807, 2.05) is 6.92 Å². The van der Waals surface area contributed by atoms with Crippen LogP contribution >= 0.6 is 0 Å². The van der Waals surface area contributed by atoms with Crippen LogP contribution in [0.5, 0.6) is 0 Å². The van der Waals surface area contributed by atoms with Gasteiger partial charge in [-0.05, 0) is 18.6 Å². The molecule has 0 aliphatic rings. The van der Waals surface area contributed by atoms with Gasteiger partial charge in [0.15, 0.2) is 5.82 Å². The standard InChI is InChI=1S/C10H11N3O5S/c1-2-6-5-8(12-11-6)13-19(16,17)9-4-3-7(18-9)10(14)15/h3-5H,2H2,1H3,(H,14,15)(H2,11,12,13). The minimum absolute atomic E-state index is 0.116. The second-order valence-corrected chi connectivity index (χ2v) is 5.27. The largest absolute Gasteiger partial charge is 0.475 e. The predicted molar refractivity (Wildman–Crippen MR) is 64.4 cm³/mol. The van der Waals surface area contributed by atoms with Gasteiger partial charge in [0, 0.05) is 11.8 Å². The lowest BCUT2D eigenvalue weighted by Gasteiger charge is -2.00. The minimum atomic E-state index is -3.98. The van der Waals surface area contributed by atoms with Gasteiger partial charge in [0.25, 0.3) is 10.0 Å². The van der Waals surface area contributed by atoms with Crippen LogP contribution in [0.4, 0.5) is 5.82 Å². The number of carboxylic acids is 1. The lowest BCUT2D eigenvalue weighted by molar-refractivity contribution is 0.0656. The molecule has 0 saturated heterocycles. The first-order chi connectivity index (χ1) is 8.92. The first kappa shape index (κ1) is 13.1. The number of rotatable bonds is 5. The Morgan fingerprint density at radius 2 is 2.26 bits per heavy atom. The van der Waals surface area contributed by atoms with Crippen molar-refractivity contribution in [1.29, 1.82) is 0 Å². The van der Waals surface area contributed by atoms with Gasteiger partial charge in [-0.3, -0.25) is 9.82 Å². The Morgan fingerprint density at radius 1 is 1.53 bits per heavy atom. The van der Waals surface area contributed by atoms with E-state index in [4.69, 9.17) is 9.52 Å². The zero-order chi connectivity index (χ0) is 14.0. The third-order valence-corrected chi connectivity index (χ3v) is 3.53. The topological polar surface area (TPSA) is 125 Å². The number of sulfonamides is 1. The lowest BCUT2D eigenvalue weighted by Crippen LogP contribution is -2.12. The highest BCUT2D eigenvalue weighted by Gasteiger charge is 2.22. The van der Waals surface area contributed by atoms with Crippen LogP contribution in [0.2, 0.25) is 0 Å². The van der Waals surface area contributed by atoms with Crippen molar-refractivity contribution in [3.05, 3.63) is 29.7 Å². The van der Waals surface area contributed by atoms with Gasteiger partial charge < -0.3 is 9.52 Å². The fourth-order valence-electron chi connectivity index (χ4n) is 1.36. The summed E-state index contributed by atoms with van der Waals surface area (Å²) in [4.78, 5) is 10.6. The molecule has 2 heterocycles. The van der Waals surface area contributed by atoms with E-state index in [9.17, 15) is 13.2 Å². The first-order valence-corrected chi connectivity index (χ1v) is 6.81. The van der Waals surface area contributed by atoms with E-state index in [-0.39, 0.29) is 5.82 Å². The quantitative estimate of drug-likeness (QED) is 0.754. The summed E-state index contributed by atoms with van der Waals surface area (Å²) in [5, 5.41) is 14.6. The number of nitrogens with one attached hydrogen (secondary N) is 2. The monoisotopic (exact) mass is 285 g/mol. The molecule has 102 valence electrons. The number of anilines is 1. The summed E-state index contributed by atoms with van der Waals surface area (Å²) in [7, 11) is -3.98. The molecule has 2 aromatic rings. The van der Waals surface area contributed by atoms with E-state index in [0.29, 0.717) is 6.42 Å². The molecule has 0 fully saturated rings. The summed E-state index contributed by atoms with van der Waals surface area (Å²) < 4.78 is 30.7. The SMILES string of the molecule is CCc1cc(NS(=O)(=O)c2ccc(C(=O)O)o2)n[nH]1. The highest BCUT2D eigenvalue weighted by molar-refractivity contribution is 7.92. The number of hydrogen-bond acceptors (Lipinski definition) is 5. The number of H-pyrrole nitrogens is 1. The van der Waals surface area contributed by atoms with Crippen molar-refractivity contribution in [2.45, 2.75) is 18.4 Å². The maximum Gasteiger partial charge on any atom is 0.371 e. The maximum atomic E-state index is 11.9. The number of carboxylic acid groups (broad SMARTS) is 1. The Labute approximate surface area is 108 Å². The third-order valence-electron chi connectivity index (χ3n) is 2.31. The molecule has 3 N–H and O–H groups in total. The van der Waals surface area contributed by atoms with E-state index >= 15 is 0 Å². The molecular formula is C10H11N3O5S. The molecule has 0 atom stereocenters. The van der Waals surface area contributed by atoms with Gasteiger partial charge in [-0.15, -0.1) is 0 Å². The number of nitrogens with zero attached hydrogens (tertiary/aromatic N) is 1. The molecule has 2 aromatic heterocycles. The van der Waals surface area contributed by atoms with Crippen LogP contribution < -0.4 is 4.72 Å². The smallest absolute Gasteiger partial charge is 0.371 e. The molecule has 0 aliphatic heterocycles. The molecule has 8 nitrogen and oxygen atoms in total. The second kappa shape index (κ2) is 4.76. The normalized spacial score (nSPS) is 11.4. The Morgan fingerprint density at radius 3 is 2.79 bits per heavy atom. The molecule has 0 amide bonds. The molecule has 0 spiro atoms. The number of furan rings is 1. The van der Waals surface area contributed by atoms with E-state index in [1.54, 1.807) is 6.07 Å². The number of aryl methyl sites for hydroxylation is 1. The van der Waals surface area contributed by atoms with Crippen LogP contribution in [-0.4, -0.2) is 29.7 Å². The summed E-state index contributed by atoms with van der Waals surface area (Å²) in [6.07, 6.45) is 0.679. The van der Waals surface area contributed by atoms with Gasteiger partial charge in [-0.1, -0.05) is 6.92 Å². The third kappa shape index (κ3) is 2.76. The Hall–Kier alpha value is -2.29. The molecule has 2 rings (SSSR count). The minimum Gasteiger partial charge on any atom is -0.475 e. The Balaban J connectivity index is 2.24. The molecule has 0 radical (unpaired) electrons. The Bertz CT molecular complexity index is 700. The average molecular weight is 285 g/mol. The summed E-state index contributed by atoms with van der Waals surface area (Å²) in [5.41, 5.74) is 0.767. The van der Waals surface area contributed by atoms with Gasteiger partial charge >= 0.3 is 5.97 Å². The van der Waals surface area contributed by atoms with Crippen LogP contribution in [0.1, 0.15) is 23.2 Å². The van der Waals surface area contributed by atoms with Gasteiger partial charge in [-0.2, -0.15) is 13.5 Å². The van der Waals surface area contributed by atoms with Gasteiger partial charge in [0.2, 0.25) is 10.9 Å². The van der Waals surface area contributed by atoms with Crippen LogP contribution in [0.15, 0.2) is 27.7 Å². The number of aromatic carboxylic acids is 1. The fourth-order valence-corrected chi connectivity index (χ4v) is 2.29. The van der Waals surface area contributed by atoms with Crippen molar-refractivity contribution < 1.29 is 22.7 Å². The first-order valence-electron chi connectivity index (χ1n) is 5.32. The zero-order valence-electron chi connectivity index (χ0n) is 9.87. The molecule has 19 heavy (non-hydrogen) atoms. The van der Waals surface area contributed by atoms with Crippen LogP contribution in [0, 0.1) is 0 Å². The van der Waals surface area contributed by atoms with E-state index < -0.39 is 26.8 Å². The van der Waals surface area contributed by atoms with Gasteiger partial charge in [-0.25, -0.2) is 4.79 Å². The molecule has 0 aromatic carbocycles. The number of aromatic nitrogens is 2. The van der Waals surface area contributed by atoms with Crippen molar-refractivity contribution in [1.82, 2.24) is 10.2 Å². The zero-order valence-corrected chi connectivity index (χ0v) is 10.7. The molecule has 0 bridgehead atoms. The number of carbonyl (C=O) groups is 1. The van der Waals surface area contributed by atoms with Crippen molar-refractivity contribution >= 4 is 21.8 Å². The molecule has 0 saturated carbocycles. The summed E-state index contributed by atoms with van der Waals surface area (Å²) in [6, 6.07) is 3.68. The summed E-state index contributed by atoms with van der Waals surface area (Å²) in [5.74, 6) is -1.67. The summed E-state index contributed by atoms with van der Waals surface area (Å²) in [6.45, 7) is 1.89. The van der Waals surface area contributed by atoms with Crippen molar-refractivity contribution in [3.8, 4) is 0 Å². The lowest BCUT2D eigenvalue weighted by atomic mass is 10.3. The molecule has 9 heteroatoms. The van der Waals surface area contributed by atoms with Crippen molar-refractivity contribution in [3.63, 3.8) is 0 Å². The summed E-state index contributed by atoms with van der Waals surface area (Å²) >= 11 is 0. The molecule has 0 aliphatic carbocycles. The van der Waals surface area contributed by atoms with Gasteiger partial charge in [0.1, 0.15) is 0 Å². The molecule has 0 unspecified atom stereocenters. The fraction of sp³-hybridized carbons (Fsp3) is 0.200.